The predicted octanol–water partition coefficient (Wildman–Crippen LogP) is 3.74. The number of ether oxygens (including phenoxy) is 1. The standard InChI is InChI=1S/C19H19N3O2/c1-2-22-19(23)24-18-5-3-4-15-16(11-21-12-17(15)18)14-8-6-13(10-20)7-9-14/h6-9,11-12,18H,2-5H2,1H3,(H,22,23). The fourth-order valence-electron chi connectivity index (χ4n) is 3.09. The molecule has 1 N–H and O–H groups in total. The second-order valence-corrected chi connectivity index (χ2v) is 5.76. The van der Waals surface area contributed by atoms with Crippen molar-refractivity contribution in [3.8, 4) is 17.2 Å². The fraction of sp³-hybridized carbons (Fsp3) is 0.316. The average molecular weight is 321 g/mol. The maximum atomic E-state index is 11.8. The van der Waals surface area contributed by atoms with E-state index in [4.69, 9.17) is 10.00 Å². The van der Waals surface area contributed by atoms with Crippen LogP contribution in [0.15, 0.2) is 36.7 Å². The van der Waals surface area contributed by atoms with Crippen LogP contribution in [0.4, 0.5) is 4.79 Å². The maximum Gasteiger partial charge on any atom is 0.407 e. The number of hydrogen-bond acceptors (Lipinski definition) is 4. The molecule has 1 aliphatic carbocycles. The Balaban J connectivity index is 1.94. The molecule has 0 radical (unpaired) electrons. The normalized spacial score (nSPS) is 15.9. The van der Waals surface area contributed by atoms with E-state index in [2.05, 4.69) is 16.4 Å². The molecule has 0 saturated heterocycles. The molecule has 1 aliphatic rings. The third kappa shape index (κ3) is 3.23. The SMILES string of the molecule is CCNC(=O)OC1CCCc2c(-c3ccc(C#N)cc3)cncc21. The number of carbonyl (C=O) groups excluding carboxylic acids is 1. The van der Waals surface area contributed by atoms with Crippen molar-refractivity contribution in [3.05, 3.63) is 53.3 Å². The highest BCUT2D eigenvalue weighted by Crippen LogP contribution is 2.37. The quantitative estimate of drug-likeness (QED) is 0.934. The van der Waals surface area contributed by atoms with Gasteiger partial charge < -0.3 is 10.1 Å². The number of rotatable bonds is 3. The monoisotopic (exact) mass is 321 g/mol. The lowest BCUT2D eigenvalue weighted by Crippen LogP contribution is -2.27. The molecule has 1 unspecified atom stereocenters. The third-order valence-electron chi connectivity index (χ3n) is 4.23. The minimum absolute atomic E-state index is 0.258. The van der Waals surface area contributed by atoms with Crippen LogP contribution in [-0.2, 0) is 11.2 Å². The third-order valence-corrected chi connectivity index (χ3v) is 4.23. The largest absolute Gasteiger partial charge is 0.441 e. The minimum atomic E-state index is -0.390. The van der Waals surface area contributed by atoms with Crippen LogP contribution in [0.2, 0.25) is 0 Å². The van der Waals surface area contributed by atoms with E-state index in [1.807, 2.05) is 25.3 Å². The molecule has 24 heavy (non-hydrogen) atoms. The summed E-state index contributed by atoms with van der Waals surface area (Å²) in [4.78, 5) is 16.1. The van der Waals surface area contributed by atoms with E-state index in [1.54, 1.807) is 18.3 Å². The lowest BCUT2D eigenvalue weighted by Gasteiger charge is -2.26. The second kappa shape index (κ2) is 7.14. The van der Waals surface area contributed by atoms with E-state index in [9.17, 15) is 4.79 Å². The fourth-order valence-corrected chi connectivity index (χ4v) is 3.09. The molecule has 1 heterocycles. The first-order chi connectivity index (χ1) is 11.7. The summed E-state index contributed by atoms with van der Waals surface area (Å²) < 4.78 is 5.55. The number of fused-ring (bicyclic) bond motifs is 1. The number of pyridine rings is 1. The molecule has 1 aromatic carbocycles. The van der Waals surface area contributed by atoms with Crippen molar-refractivity contribution in [2.24, 2.45) is 0 Å². The molecule has 5 nitrogen and oxygen atoms in total. The number of amides is 1. The Morgan fingerprint density at radius 1 is 1.38 bits per heavy atom. The van der Waals surface area contributed by atoms with Crippen molar-refractivity contribution in [3.63, 3.8) is 0 Å². The molecular weight excluding hydrogens is 302 g/mol. The predicted molar refractivity (Wildman–Crippen MR) is 90.2 cm³/mol. The summed E-state index contributed by atoms with van der Waals surface area (Å²) in [5.41, 5.74) is 4.86. The van der Waals surface area contributed by atoms with E-state index in [0.717, 1.165) is 36.0 Å². The van der Waals surface area contributed by atoms with Crippen molar-refractivity contribution in [2.75, 3.05) is 6.54 Å². The number of aromatic nitrogens is 1. The van der Waals surface area contributed by atoms with E-state index in [0.29, 0.717) is 12.1 Å². The van der Waals surface area contributed by atoms with Crippen molar-refractivity contribution >= 4 is 6.09 Å². The first-order valence-corrected chi connectivity index (χ1v) is 8.14. The number of carbonyl (C=O) groups is 1. The van der Waals surface area contributed by atoms with Gasteiger partial charge in [0.25, 0.3) is 0 Å². The van der Waals surface area contributed by atoms with E-state index in [-0.39, 0.29) is 12.2 Å². The minimum Gasteiger partial charge on any atom is -0.441 e. The van der Waals surface area contributed by atoms with Crippen LogP contribution in [0.3, 0.4) is 0 Å². The summed E-state index contributed by atoms with van der Waals surface area (Å²) in [6.07, 6.45) is 5.70. The first-order valence-electron chi connectivity index (χ1n) is 8.14. The van der Waals surface area contributed by atoms with E-state index < -0.39 is 0 Å². The van der Waals surface area contributed by atoms with Crippen LogP contribution in [0, 0.1) is 11.3 Å². The van der Waals surface area contributed by atoms with Gasteiger partial charge in [0, 0.05) is 30.1 Å². The van der Waals surface area contributed by atoms with Gasteiger partial charge in [-0.05, 0) is 49.4 Å². The van der Waals surface area contributed by atoms with Gasteiger partial charge in [0.2, 0.25) is 0 Å². The van der Waals surface area contributed by atoms with E-state index >= 15 is 0 Å². The molecule has 0 saturated carbocycles. The number of alkyl carbamates (subject to hydrolysis) is 1. The molecular formula is C19H19N3O2. The molecule has 1 atom stereocenters. The number of hydrogen-bond donors (Lipinski definition) is 1. The number of nitriles is 1. The summed E-state index contributed by atoms with van der Waals surface area (Å²) in [7, 11) is 0. The summed E-state index contributed by atoms with van der Waals surface area (Å²) in [6, 6.07) is 9.61. The van der Waals surface area contributed by atoms with Crippen LogP contribution in [0.1, 0.15) is 42.6 Å². The Morgan fingerprint density at radius 3 is 2.88 bits per heavy atom. The zero-order valence-corrected chi connectivity index (χ0v) is 13.6. The van der Waals surface area contributed by atoms with Crippen molar-refractivity contribution in [2.45, 2.75) is 32.3 Å². The Morgan fingerprint density at radius 2 is 2.17 bits per heavy atom. The molecule has 3 rings (SSSR count). The van der Waals surface area contributed by atoms with Gasteiger partial charge in [0.1, 0.15) is 6.10 Å². The molecule has 0 fully saturated rings. The molecule has 1 aromatic heterocycles. The van der Waals surface area contributed by atoms with Crippen LogP contribution in [0.5, 0.6) is 0 Å². The van der Waals surface area contributed by atoms with E-state index in [1.165, 1.54) is 5.56 Å². The Labute approximate surface area is 141 Å². The summed E-state index contributed by atoms with van der Waals surface area (Å²) >= 11 is 0. The molecule has 0 spiro atoms. The van der Waals surface area contributed by atoms with Gasteiger partial charge in [-0.25, -0.2) is 4.79 Å². The highest BCUT2D eigenvalue weighted by atomic mass is 16.6. The lowest BCUT2D eigenvalue weighted by atomic mass is 9.86. The van der Waals surface area contributed by atoms with Gasteiger partial charge in [-0.3, -0.25) is 4.98 Å². The van der Waals surface area contributed by atoms with Gasteiger partial charge in [0.15, 0.2) is 0 Å². The zero-order chi connectivity index (χ0) is 16.9. The van der Waals surface area contributed by atoms with Gasteiger partial charge in [0.05, 0.1) is 11.6 Å². The lowest BCUT2D eigenvalue weighted by molar-refractivity contribution is 0.0877. The van der Waals surface area contributed by atoms with Crippen LogP contribution in [-0.4, -0.2) is 17.6 Å². The van der Waals surface area contributed by atoms with Gasteiger partial charge in [-0.2, -0.15) is 5.26 Å². The second-order valence-electron chi connectivity index (χ2n) is 5.76. The van der Waals surface area contributed by atoms with Gasteiger partial charge >= 0.3 is 6.09 Å². The average Bonchev–Trinajstić information content (AvgIpc) is 2.62. The van der Waals surface area contributed by atoms with Crippen molar-refractivity contribution in [1.82, 2.24) is 10.3 Å². The highest BCUT2D eigenvalue weighted by Gasteiger charge is 2.26. The molecule has 5 heteroatoms. The van der Waals surface area contributed by atoms with Gasteiger partial charge in [-0.15, -0.1) is 0 Å². The van der Waals surface area contributed by atoms with Crippen LogP contribution < -0.4 is 5.32 Å². The molecule has 122 valence electrons. The summed E-state index contributed by atoms with van der Waals surface area (Å²) in [6.45, 7) is 2.41. The number of nitrogens with zero attached hydrogens (tertiary/aromatic N) is 2. The molecule has 1 amide bonds. The Kier molecular flexibility index (Phi) is 4.76. The Bertz CT molecular complexity index is 778. The summed E-state index contributed by atoms with van der Waals surface area (Å²) in [5, 5.41) is 11.6. The summed E-state index contributed by atoms with van der Waals surface area (Å²) in [5.74, 6) is 0. The van der Waals surface area contributed by atoms with Crippen molar-refractivity contribution in [1.29, 1.82) is 5.26 Å². The zero-order valence-electron chi connectivity index (χ0n) is 13.6. The Hall–Kier alpha value is -2.87. The topological polar surface area (TPSA) is 75.0 Å². The maximum absolute atomic E-state index is 11.8. The number of nitrogens with one attached hydrogen (secondary N) is 1. The molecule has 0 aliphatic heterocycles. The van der Waals surface area contributed by atoms with Gasteiger partial charge in [-0.1, -0.05) is 12.1 Å². The molecule has 0 bridgehead atoms. The molecule has 2 aromatic rings. The smallest absolute Gasteiger partial charge is 0.407 e. The van der Waals surface area contributed by atoms with Crippen LogP contribution >= 0.6 is 0 Å². The van der Waals surface area contributed by atoms with Crippen molar-refractivity contribution < 1.29 is 9.53 Å². The van der Waals surface area contributed by atoms with Crippen LogP contribution in [0.25, 0.3) is 11.1 Å². The number of benzene rings is 1. The highest BCUT2D eigenvalue weighted by molar-refractivity contribution is 5.70. The first kappa shape index (κ1) is 16.0.